The highest BCUT2D eigenvalue weighted by Crippen LogP contribution is 2.36. The second-order valence-corrected chi connectivity index (χ2v) is 6.62. The normalized spacial score (nSPS) is 19.2. The molecule has 6 heteroatoms. The first-order chi connectivity index (χ1) is 11.9. The van der Waals surface area contributed by atoms with Crippen LogP contribution in [0.2, 0.25) is 5.02 Å². The van der Waals surface area contributed by atoms with Crippen molar-refractivity contribution < 1.29 is 19.0 Å². The second-order valence-electron chi connectivity index (χ2n) is 6.22. The number of methoxy groups -OCH3 is 1. The van der Waals surface area contributed by atoms with Gasteiger partial charge in [0.1, 0.15) is 17.2 Å². The number of benzene rings is 2. The molecule has 1 unspecified atom stereocenters. The molecule has 0 saturated heterocycles. The number of hydrogen-bond acceptors (Lipinski definition) is 3. The smallest absolute Gasteiger partial charge is 0.252 e. The molecule has 4 nitrogen and oxygen atoms in total. The maximum atomic E-state index is 13.1. The number of halogens is 2. The van der Waals surface area contributed by atoms with E-state index in [9.17, 15) is 14.3 Å². The summed E-state index contributed by atoms with van der Waals surface area (Å²) in [5, 5.41) is 13.8. The van der Waals surface area contributed by atoms with Crippen LogP contribution in [0.5, 0.6) is 5.75 Å². The highest BCUT2D eigenvalue weighted by atomic mass is 35.5. The van der Waals surface area contributed by atoms with E-state index < -0.39 is 17.3 Å². The number of rotatable bonds is 4. The number of fused-ring (bicyclic) bond motifs is 1. The molecule has 3 rings (SSSR count). The number of amides is 1. The Labute approximate surface area is 150 Å². The number of hydrogen-bond donors (Lipinski definition) is 2. The van der Waals surface area contributed by atoms with Crippen LogP contribution in [-0.2, 0) is 12.0 Å². The van der Waals surface area contributed by atoms with Gasteiger partial charge in [-0.15, -0.1) is 0 Å². The molecule has 132 valence electrons. The zero-order valence-electron chi connectivity index (χ0n) is 13.8. The molecule has 1 aliphatic rings. The molecule has 1 amide bonds. The number of aryl methyl sites for hydroxylation is 1. The fourth-order valence-electron chi connectivity index (χ4n) is 3.24. The number of carbonyl (C=O) groups is 1. The first kappa shape index (κ1) is 17.7. The van der Waals surface area contributed by atoms with Crippen molar-refractivity contribution in [2.24, 2.45) is 0 Å². The van der Waals surface area contributed by atoms with E-state index in [2.05, 4.69) is 5.32 Å². The van der Waals surface area contributed by atoms with Crippen molar-refractivity contribution in [1.29, 1.82) is 0 Å². The maximum absolute atomic E-state index is 13.1. The third-order valence-corrected chi connectivity index (χ3v) is 4.88. The molecule has 0 aliphatic heterocycles. The molecular formula is C19H19ClFNO3. The van der Waals surface area contributed by atoms with Gasteiger partial charge in [-0.1, -0.05) is 17.7 Å². The fraction of sp³-hybridized carbons (Fsp3) is 0.316. The predicted molar refractivity (Wildman–Crippen MR) is 93.6 cm³/mol. The fourth-order valence-corrected chi connectivity index (χ4v) is 3.50. The molecule has 1 aliphatic carbocycles. The summed E-state index contributed by atoms with van der Waals surface area (Å²) in [7, 11) is 1.60. The Balaban J connectivity index is 1.78. The van der Waals surface area contributed by atoms with Gasteiger partial charge in [-0.05, 0) is 60.7 Å². The van der Waals surface area contributed by atoms with E-state index in [1.54, 1.807) is 13.2 Å². The minimum atomic E-state index is -1.15. The average Bonchev–Trinajstić information content (AvgIpc) is 2.59. The Hall–Kier alpha value is -2.11. The SMILES string of the molecule is COc1ccc2c(c1)CCCC2(O)CNC(=O)c1ccc(F)cc1Cl. The Morgan fingerprint density at radius 1 is 1.36 bits per heavy atom. The van der Waals surface area contributed by atoms with Gasteiger partial charge in [0.15, 0.2) is 0 Å². The third kappa shape index (κ3) is 3.62. The van der Waals surface area contributed by atoms with Crippen LogP contribution >= 0.6 is 11.6 Å². The lowest BCUT2D eigenvalue weighted by molar-refractivity contribution is 0.0189. The molecule has 2 aromatic rings. The molecule has 0 fully saturated rings. The van der Waals surface area contributed by atoms with Crippen molar-refractivity contribution in [1.82, 2.24) is 5.32 Å². The van der Waals surface area contributed by atoms with Gasteiger partial charge >= 0.3 is 0 Å². The topological polar surface area (TPSA) is 58.6 Å². The molecule has 0 bridgehead atoms. The lowest BCUT2D eigenvalue weighted by atomic mass is 9.79. The Morgan fingerprint density at radius 3 is 2.88 bits per heavy atom. The van der Waals surface area contributed by atoms with Gasteiger partial charge in [-0.3, -0.25) is 4.79 Å². The first-order valence-corrected chi connectivity index (χ1v) is 8.44. The van der Waals surface area contributed by atoms with E-state index in [1.165, 1.54) is 12.1 Å². The summed E-state index contributed by atoms with van der Waals surface area (Å²) in [6, 6.07) is 9.15. The monoisotopic (exact) mass is 363 g/mol. The largest absolute Gasteiger partial charge is 0.497 e. The van der Waals surface area contributed by atoms with Crippen molar-refractivity contribution in [2.45, 2.75) is 24.9 Å². The number of nitrogens with one attached hydrogen (secondary N) is 1. The molecule has 0 heterocycles. The van der Waals surface area contributed by atoms with Crippen LogP contribution in [0.3, 0.4) is 0 Å². The number of carbonyl (C=O) groups excluding carboxylic acids is 1. The molecule has 1 atom stereocenters. The quantitative estimate of drug-likeness (QED) is 0.874. The van der Waals surface area contributed by atoms with Gasteiger partial charge in [-0.2, -0.15) is 0 Å². The summed E-state index contributed by atoms with van der Waals surface area (Å²) < 4.78 is 18.3. The van der Waals surface area contributed by atoms with Crippen LogP contribution < -0.4 is 10.1 Å². The summed E-state index contributed by atoms with van der Waals surface area (Å²) >= 11 is 5.92. The molecule has 0 aromatic heterocycles. The van der Waals surface area contributed by atoms with Gasteiger partial charge in [0, 0.05) is 0 Å². The number of aliphatic hydroxyl groups is 1. The average molecular weight is 364 g/mol. The van der Waals surface area contributed by atoms with E-state index in [-0.39, 0.29) is 17.1 Å². The minimum Gasteiger partial charge on any atom is -0.497 e. The van der Waals surface area contributed by atoms with Crippen LogP contribution in [0, 0.1) is 5.82 Å². The molecule has 0 spiro atoms. The Kier molecular flexibility index (Phi) is 4.97. The lowest BCUT2D eigenvalue weighted by Gasteiger charge is -2.35. The second kappa shape index (κ2) is 7.02. The predicted octanol–water partition coefficient (Wildman–Crippen LogP) is 3.44. The van der Waals surface area contributed by atoms with Gasteiger partial charge in [0.25, 0.3) is 5.91 Å². The minimum absolute atomic E-state index is 0.0401. The van der Waals surface area contributed by atoms with Crippen LogP contribution in [-0.4, -0.2) is 24.7 Å². The van der Waals surface area contributed by atoms with Crippen LogP contribution in [0.15, 0.2) is 36.4 Å². The molecule has 2 N–H and O–H groups in total. The van der Waals surface area contributed by atoms with Gasteiger partial charge in [-0.25, -0.2) is 4.39 Å². The molecule has 0 saturated carbocycles. The van der Waals surface area contributed by atoms with E-state index in [4.69, 9.17) is 16.3 Å². The summed E-state index contributed by atoms with van der Waals surface area (Å²) in [4.78, 5) is 12.3. The van der Waals surface area contributed by atoms with E-state index in [0.29, 0.717) is 6.42 Å². The van der Waals surface area contributed by atoms with Crippen molar-refractivity contribution >= 4 is 17.5 Å². The molecular weight excluding hydrogens is 345 g/mol. The zero-order chi connectivity index (χ0) is 18.0. The molecule has 0 radical (unpaired) electrons. The van der Waals surface area contributed by atoms with Gasteiger partial charge in [0.2, 0.25) is 0 Å². The number of ether oxygens (including phenoxy) is 1. The third-order valence-electron chi connectivity index (χ3n) is 4.57. The van der Waals surface area contributed by atoms with Gasteiger partial charge < -0.3 is 15.2 Å². The lowest BCUT2D eigenvalue weighted by Crippen LogP contribution is -2.43. The molecule has 2 aromatic carbocycles. The van der Waals surface area contributed by atoms with Crippen molar-refractivity contribution in [3.8, 4) is 5.75 Å². The van der Waals surface area contributed by atoms with E-state index >= 15 is 0 Å². The summed E-state index contributed by atoms with van der Waals surface area (Å²) in [5.74, 6) is -0.209. The standard InChI is InChI=1S/C19H19ClFNO3/c1-25-14-5-7-16-12(9-14)3-2-8-19(16,24)11-22-18(23)15-6-4-13(21)10-17(15)20/h4-7,9-10,24H,2-3,8,11H2,1H3,(H,22,23). The Bertz CT molecular complexity index is 811. The highest BCUT2D eigenvalue weighted by Gasteiger charge is 2.35. The van der Waals surface area contributed by atoms with Crippen molar-refractivity contribution in [3.63, 3.8) is 0 Å². The summed E-state index contributed by atoms with van der Waals surface area (Å²) in [6.45, 7) is 0.0544. The van der Waals surface area contributed by atoms with E-state index in [1.807, 2.05) is 12.1 Å². The molecule has 25 heavy (non-hydrogen) atoms. The van der Waals surface area contributed by atoms with E-state index in [0.717, 1.165) is 35.8 Å². The van der Waals surface area contributed by atoms with Crippen LogP contribution in [0.4, 0.5) is 4.39 Å². The Morgan fingerprint density at radius 2 is 2.16 bits per heavy atom. The zero-order valence-corrected chi connectivity index (χ0v) is 14.6. The van der Waals surface area contributed by atoms with Crippen LogP contribution in [0.1, 0.15) is 34.3 Å². The summed E-state index contributed by atoms with van der Waals surface area (Å²) in [6.07, 6.45) is 2.21. The van der Waals surface area contributed by atoms with Crippen molar-refractivity contribution in [3.05, 3.63) is 63.9 Å². The van der Waals surface area contributed by atoms with Gasteiger partial charge in [0.05, 0.1) is 24.2 Å². The first-order valence-electron chi connectivity index (χ1n) is 8.06. The summed E-state index contributed by atoms with van der Waals surface area (Å²) in [5.41, 5.74) is 0.840. The van der Waals surface area contributed by atoms with Crippen molar-refractivity contribution in [2.75, 3.05) is 13.7 Å². The highest BCUT2D eigenvalue weighted by molar-refractivity contribution is 6.33. The van der Waals surface area contributed by atoms with Crippen LogP contribution in [0.25, 0.3) is 0 Å². The maximum Gasteiger partial charge on any atom is 0.252 e.